The van der Waals surface area contributed by atoms with E-state index >= 15 is 0 Å². The molecule has 2 amide bonds. The van der Waals surface area contributed by atoms with Crippen LogP contribution in [0.15, 0.2) is 36.7 Å². The van der Waals surface area contributed by atoms with E-state index in [4.69, 9.17) is 0 Å². The Hall–Kier alpha value is -2.37. The Labute approximate surface area is 148 Å². The molecule has 0 bridgehead atoms. The van der Waals surface area contributed by atoms with E-state index in [-0.39, 0.29) is 17.6 Å². The minimum Gasteiger partial charge on any atom is -0.328 e. The Balaban J connectivity index is 1.57. The molecule has 2 fully saturated rings. The first kappa shape index (κ1) is 16.1. The standard InChI is InChI=1S/C19H25N5O/c1-14(17-22-20-13-23(17)2)21-18(25)24-12-16-10-6-7-11-19(16,24)15-8-4-3-5-9-15/h3-5,8-9,13-14,16H,6-7,10-12H2,1-2H3,(H,21,25)/t14-,16+,19-/m0/s1. The van der Waals surface area contributed by atoms with Crippen LogP contribution in [0.5, 0.6) is 0 Å². The van der Waals surface area contributed by atoms with Crippen LogP contribution in [0.3, 0.4) is 0 Å². The Morgan fingerprint density at radius 3 is 2.80 bits per heavy atom. The molecular formula is C19H25N5O. The quantitative estimate of drug-likeness (QED) is 0.935. The molecule has 25 heavy (non-hydrogen) atoms. The molecule has 1 saturated carbocycles. The second-order valence-electron chi connectivity index (χ2n) is 7.31. The van der Waals surface area contributed by atoms with Gasteiger partial charge in [0.2, 0.25) is 0 Å². The maximum Gasteiger partial charge on any atom is 0.318 e. The van der Waals surface area contributed by atoms with Gasteiger partial charge in [-0.15, -0.1) is 10.2 Å². The van der Waals surface area contributed by atoms with Crippen molar-refractivity contribution >= 4 is 6.03 Å². The van der Waals surface area contributed by atoms with Crippen LogP contribution in [0.25, 0.3) is 0 Å². The average molecular weight is 339 g/mol. The molecule has 0 radical (unpaired) electrons. The average Bonchev–Trinajstić information content (AvgIpc) is 3.03. The molecule has 3 atom stereocenters. The number of urea groups is 1. The fraction of sp³-hybridized carbons (Fsp3) is 0.526. The molecule has 2 aromatic rings. The van der Waals surface area contributed by atoms with Gasteiger partial charge in [0, 0.05) is 19.5 Å². The second-order valence-corrected chi connectivity index (χ2v) is 7.31. The number of fused-ring (bicyclic) bond motifs is 1. The number of carbonyl (C=O) groups is 1. The minimum absolute atomic E-state index is 0.00231. The third-order valence-corrected chi connectivity index (χ3v) is 5.91. The van der Waals surface area contributed by atoms with E-state index in [1.54, 1.807) is 6.33 Å². The van der Waals surface area contributed by atoms with Crippen LogP contribution >= 0.6 is 0 Å². The lowest BCUT2D eigenvalue weighted by Crippen LogP contribution is -2.69. The van der Waals surface area contributed by atoms with E-state index in [0.29, 0.717) is 5.92 Å². The lowest BCUT2D eigenvalue weighted by Gasteiger charge is -2.61. The first-order chi connectivity index (χ1) is 12.1. The van der Waals surface area contributed by atoms with Crippen LogP contribution in [-0.4, -0.2) is 32.2 Å². The van der Waals surface area contributed by atoms with Crippen molar-refractivity contribution in [2.75, 3.05) is 6.54 Å². The number of likely N-dealkylation sites (tertiary alicyclic amines) is 1. The first-order valence-corrected chi connectivity index (χ1v) is 9.10. The third-order valence-electron chi connectivity index (χ3n) is 5.91. The molecule has 1 saturated heterocycles. The van der Waals surface area contributed by atoms with Gasteiger partial charge in [-0.1, -0.05) is 43.2 Å². The minimum atomic E-state index is -0.171. The van der Waals surface area contributed by atoms with Crippen LogP contribution < -0.4 is 5.32 Å². The number of amides is 2. The summed E-state index contributed by atoms with van der Waals surface area (Å²) < 4.78 is 1.84. The van der Waals surface area contributed by atoms with Gasteiger partial charge in [0.15, 0.2) is 5.82 Å². The predicted octanol–water partition coefficient (Wildman–Crippen LogP) is 2.99. The van der Waals surface area contributed by atoms with E-state index in [9.17, 15) is 4.79 Å². The summed E-state index contributed by atoms with van der Waals surface area (Å²) in [4.78, 5) is 15.1. The zero-order valence-corrected chi connectivity index (χ0v) is 14.9. The number of benzene rings is 1. The summed E-state index contributed by atoms with van der Waals surface area (Å²) in [6.45, 7) is 2.79. The number of nitrogens with zero attached hydrogens (tertiary/aromatic N) is 4. The molecule has 2 aliphatic rings. The van der Waals surface area contributed by atoms with E-state index in [0.717, 1.165) is 18.8 Å². The second kappa shape index (κ2) is 6.17. The Morgan fingerprint density at radius 1 is 1.32 bits per heavy atom. The summed E-state index contributed by atoms with van der Waals surface area (Å²) in [7, 11) is 1.89. The van der Waals surface area contributed by atoms with Gasteiger partial charge < -0.3 is 14.8 Å². The normalized spacial score (nSPS) is 26.5. The van der Waals surface area contributed by atoms with Crippen LogP contribution in [0.4, 0.5) is 4.79 Å². The molecule has 0 unspecified atom stereocenters. The van der Waals surface area contributed by atoms with Gasteiger partial charge in [0.1, 0.15) is 6.33 Å². The lowest BCUT2D eigenvalue weighted by atomic mass is 9.62. The molecule has 1 aromatic heterocycles. The molecule has 1 aliphatic carbocycles. The molecule has 132 valence electrons. The highest BCUT2D eigenvalue weighted by Crippen LogP contribution is 2.53. The molecule has 4 rings (SSSR count). The van der Waals surface area contributed by atoms with Gasteiger partial charge in [-0.05, 0) is 25.3 Å². The van der Waals surface area contributed by atoms with Crippen LogP contribution in [0.2, 0.25) is 0 Å². The summed E-state index contributed by atoms with van der Waals surface area (Å²) in [6, 6.07) is 10.4. The van der Waals surface area contributed by atoms with Crippen molar-refractivity contribution in [3.8, 4) is 0 Å². The monoisotopic (exact) mass is 339 g/mol. The highest BCUT2D eigenvalue weighted by molar-refractivity contribution is 5.77. The molecular weight excluding hydrogens is 314 g/mol. The molecule has 1 N–H and O–H groups in total. The zero-order chi connectivity index (χ0) is 17.4. The van der Waals surface area contributed by atoms with Crippen molar-refractivity contribution < 1.29 is 4.79 Å². The van der Waals surface area contributed by atoms with Gasteiger partial charge in [0.05, 0.1) is 11.6 Å². The van der Waals surface area contributed by atoms with E-state index in [2.05, 4.69) is 39.8 Å². The predicted molar refractivity (Wildman–Crippen MR) is 94.7 cm³/mol. The number of nitrogens with one attached hydrogen (secondary N) is 1. The van der Waals surface area contributed by atoms with Gasteiger partial charge in [0.25, 0.3) is 0 Å². The van der Waals surface area contributed by atoms with Crippen molar-refractivity contribution in [3.63, 3.8) is 0 Å². The van der Waals surface area contributed by atoms with Crippen molar-refractivity contribution in [2.24, 2.45) is 13.0 Å². The fourth-order valence-corrected chi connectivity index (χ4v) is 4.64. The van der Waals surface area contributed by atoms with Crippen molar-refractivity contribution in [1.82, 2.24) is 25.0 Å². The maximum atomic E-state index is 13.0. The van der Waals surface area contributed by atoms with Crippen molar-refractivity contribution in [2.45, 2.75) is 44.2 Å². The van der Waals surface area contributed by atoms with Gasteiger partial charge in [-0.3, -0.25) is 0 Å². The highest BCUT2D eigenvalue weighted by atomic mass is 16.2. The largest absolute Gasteiger partial charge is 0.328 e. The summed E-state index contributed by atoms with van der Waals surface area (Å²) in [5, 5.41) is 11.1. The van der Waals surface area contributed by atoms with Gasteiger partial charge >= 0.3 is 6.03 Å². The number of rotatable bonds is 3. The highest BCUT2D eigenvalue weighted by Gasteiger charge is 2.57. The third kappa shape index (κ3) is 2.51. The van der Waals surface area contributed by atoms with Crippen molar-refractivity contribution in [3.05, 3.63) is 48.0 Å². The zero-order valence-electron chi connectivity index (χ0n) is 14.9. The molecule has 0 spiro atoms. The molecule has 1 aromatic carbocycles. The fourth-order valence-electron chi connectivity index (χ4n) is 4.64. The van der Waals surface area contributed by atoms with E-state index in [1.165, 1.54) is 24.8 Å². The number of hydrogen-bond acceptors (Lipinski definition) is 3. The van der Waals surface area contributed by atoms with Gasteiger partial charge in [-0.2, -0.15) is 0 Å². The number of carbonyl (C=O) groups excluding carboxylic acids is 1. The van der Waals surface area contributed by atoms with E-state index < -0.39 is 0 Å². The van der Waals surface area contributed by atoms with Crippen molar-refractivity contribution in [1.29, 1.82) is 0 Å². The lowest BCUT2D eigenvalue weighted by molar-refractivity contribution is -0.0799. The van der Waals surface area contributed by atoms with Gasteiger partial charge in [-0.25, -0.2) is 4.79 Å². The number of aryl methyl sites for hydroxylation is 1. The number of aromatic nitrogens is 3. The Bertz CT molecular complexity index is 758. The van der Waals surface area contributed by atoms with Crippen LogP contribution in [0, 0.1) is 5.92 Å². The molecule has 6 heteroatoms. The molecule has 6 nitrogen and oxygen atoms in total. The summed E-state index contributed by atoms with van der Waals surface area (Å²) in [5.74, 6) is 1.34. The van der Waals surface area contributed by atoms with Crippen LogP contribution in [0.1, 0.15) is 50.0 Å². The van der Waals surface area contributed by atoms with Crippen LogP contribution in [-0.2, 0) is 12.6 Å². The molecule has 1 aliphatic heterocycles. The summed E-state index contributed by atoms with van der Waals surface area (Å²) >= 11 is 0. The maximum absolute atomic E-state index is 13.0. The Kier molecular flexibility index (Phi) is 3.98. The summed E-state index contributed by atoms with van der Waals surface area (Å²) in [6.07, 6.45) is 6.35. The van der Waals surface area contributed by atoms with E-state index in [1.807, 2.05) is 29.5 Å². The number of hydrogen-bond donors (Lipinski definition) is 1. The summed E-state index contributed by atoms with van der Waals surface area (Å²) in [5.41, 5.74) is 1.14. The SMILES string of the molecule is C[C@H](NC(=O)N1C[C@H]2CCCC[C@]21c1ccccc1)c1nncn1C. The topological polar surface area (TPSA) is 63.1 Å². The Morgan fingerprint density at radius 2 is 2.12 bits per heavy atom. The first-order valence-electron chi connectivity index (χ1n) is 9.10. The smallest absolute Gasteiger partial charge is 0.318 e. The molecule has 2 heterocycles.